The number of hydrogen-bond acceptors (Lipinski definition) is 3. The van der Waals surface area contributed by atoms with Crippen molar-refractivity contribution in [1.29, 1.82) is 0 Å². The lowest BCUT2D eigenvalue weighted by Crippen LogP contribution is -2.36. The summed E-state index contributed by atoms with van der Waals surface area (Å²) in [6, 6.07) is 13.2. The number of rotatable bonds is 2. The van der Waals surface area contributed by atoms with Crippen LogP contribution in [0.15, 0.2) is 42.5 Å². The van der Waals surface area contributed by atoms with Gasteiger partial charge in [-0.05, 0) is 41.8 Å². The van der Waals surface area contributed by atoms with Gasteiger partial charge in [0.2, 0.25) is 0 Å². The van der Waals surface area contributed by atoms with Crippen LogP contribution in [0.1, 0.15) is 21.5 Å². The molecule has 1 amide bonds. The lowest BCUT2D eigenvalue weighted by atomic mass is 9.97. The number of fused-ring (bicyclic) bond motifs is 1. The molecule has 2 N–H and O–H groups in total. The minimum atomic E-state index is 0.0165. The van der Waals surface area contributed by atoms with Crippen LogP contribution in [-0.2, 0) is 13.0 Å². The molecule has 2 aromatic rings. The number of benzene rings is 2. The number of nitrogen functional groups attached to an aromatic ring is 1. The molecule has 4 heteroatoms. The zero-order valence-electron chi connectivity index (χ0n) is 12.0. The van der Waals surface area contributed by atoms with Crippen molar-refractivity contribution < 1.29 is 9.53 Å². The summed E-state index contributed by atoms with van der Waals surface area (Å²) >= 11 is 0. The van der Waals surface area contributed by atoms with Gasteiger partial charge in [0, 0.05) is 24.3 Å². The highest BCUT2D eigenvalue weighted by atomic mass is 16.5. The first-order valence-electron chi connectivity index (χ1n) is 6.98. The van der Waals surface area contributed by atoms with Gasteiger partial charge in [0.05, 0.1) is 7.11 Å². The quantitative estimate of drug-likeness (QED) is 0.861. The Hall–Kier alpha value is -2.49. The second-order valence-electron chi connectivity index (χ2n) is 5.19. The van der Waals surface area contributed by atoms with E-state index in [0.29, 0.717) is 24.4 Å². The average molecular weight is 282 g/mol. The number of ether oxygens (including phenoxy) is 1. The zero-order chi connectivity index (χ0) is 14.8. The summed E-state index contributed by atoms with van der Waals surface area (Å²) in [5.41, 5.74) is 9.75. The van der Waals surface area contributed by atoms with Gasteiger partial charge in [0.1, 0.15) is 5.75 Å². The molecular formula is C17H18N2O2. The summed E-state index contributed by atoms with van der Waals surface area (Å²) in [6.45, 7) is 1.28. The van der Waals surface area contributed by atoms with Crippen molar-refractivity contribution in [3.05, 3.63) is 59.2 Å². The van der Waals surface area contributed by atoms with E-state index >= 15 is 0 Å². The van der Waals surface area contributed by atoms with E-state index in [-0.39, 0.29) is 5.91 Å². The highest BCUT2D eigenvalue weighted by Gasteiger charge is 2.23. The van der Waals surface area contributed by atoms with E-state index in [1.807, 2.05) is 35.2 Å². The van der Waals surface area contributed by atoms with E-state index in [9.17, 15) is 4.79 Å². The Morgan fingerprint density at radius 3 is 2.86 bits per heavy atom. The Morgan fingerprint density at radius 1 is 1.24 bits per heavy atom. The molecule has 0 saturated carbocycles. The third-order valence-electron chi connectivity index (χ3n) is 3.91. The molecule has 0 aromatic heterocycles. The first-order valence-corrected chi connectivity index (χ1v) is 6.98. The Morgan fingerprint density at radius 2 is 2.05 bits per heavy atom. The highest BCUT2D eigenvalue weighted by molar-refractivity contribution is 5.94. The van der Waals surface area contributed by atoms with E-state index < -0.39 is 0 Å². The fraction of sp³-hybridized carbons (Fsp3) is 0.235. The van der Waals surface area contributed by atoms with Gasteiger partial charge in [-0.1, -0.05) is 18.2 Å². The summed E-state index contributed by atoms with van der Waals surface area (Å²) < 4.78 is 5.18. The number of anilines is 1. The summed E-state index contributed by atoms with van der Waals surface area (Å²) in [5, 5.41) is 0. The first-order chi connectivity index (χ1) is 10.2. The van der Waals surface area contributed by atoms with Gasteiger partial charge in [-0.2, -0.15) is 0 Å². The molecule has 0 radical (unpaired) electrons. The molecule has 4 nitrogen and oxygen atoms in total. The molecule has 1 heterocycles. The van der Waals surface area contributed by atoms with Crippen molar-refractivity contribution in [3.8, 4) is 5.75 Å². The molecule has 3 rings (SSSR count). The van der Waals surface area contributed by atoms with Crippen LogP contribution in [0.4, 0.5) is 5.69 Å². The average Bonchev–Trinajstić information content (AvgIpc) is 2.54. The Labute approximate surface area is 124 Å². The van der Waals surface area contributed by atoms with Crippen LogP contribution in [0.5, 0.6) is 5.75 Å². The minimum absolute atomic E-state index is 0.0165. The summed E-state index contributed by atoms with van der Waals surface area (Å²) in [5.74, 6) is 0.709. The van der Waals surface area contributed by atoms with Crippen LogP contribution in [0.3, 0.4) is 0 Å². The van der Waals surface area contributed by atoms with Gasteiger partial charge in [-0.15, -0.1) is 0 Å². The number of amides is 1. The van der Waals surface area contributed by atoms with E-state index in [2.05, 4.69) is 6.07 Å². The largest absolute Gasteiger partial charge is 0.497 e. The molecular weight excluding hydrogens is 264 g/mol. The second kappa shape index (κ2) is 5.48. The predicted molar refractivity (Wildman–Crippen MR) is 82.3 cm³/mol. The smallest absolute Gasteiger partial charge is 0.254 e. The SMILES string of the molecule is COc1cccc(C(=O)N2CCc3cccc(N)c3C2)c1. The topological polar surface area (TPSA) is 55.6 Å². The molecule has 108 valence electrons. The van der Waals surface area contributed by atoms with E-state index in [0.717, 1.165) is 17.7 Å². The van der Waals surface area contributed by atoms with Crippen LogP contribution in [0, 0.1) is 0 Å². The maximum absolute atomic E-state index is 12.6. The number of methoxy groups -OCH3 is 1. The van der Waals surface area contributed by atoms with Crippen molar-refractivity contribution in [2.75, 3.05) is 19.4 Å². The minimum Gasteiger partial charge on any atom is -0.497 e. The van der Waals surface area contributed by atoms with E-state index in [1.54, 1.807) is 13.2 Å². The van der Waals surface area contributed by atoms with Crippen LogP contribution in [0.25, 0.3) is 0 Å². The van der Waals surface area contributed by atoms with Gasteiger partial charge >= 0.3 is 0 Å². The maximum Gasteiger partial charge on any atom is 0.254 e. The van der Waals surface area contributed by atoms with Crippen molar-refractivity contribution in [3.63, 3.8) is 0 Å². The molecule has 0 bridgehead atoms. The molecule has 21 heavy (non-hydrogen) atoms. The van der Waals surface area contributed by atoms with Gasteiger partial charge in [0.25, 0.3) is 5.91 Å². The molecule has 2 aromatic carbocycles. The van der Waals surface area contributed by atoms with E-state index in [4.69, 9.17) is 10.5 Å². The second-order valence-corrected chi connectivity index (χ2v) is 5.19. The predicted octanol–water partition coefficient (Wildman–Crippen LogP) is 2.48. The van der Waals surface area contributed by atoms with Gasteiger partial charge < -0.3 is 15.4 Å². The maximum atomic E-state index is 12.6. The lowest BCUT2D eigenvalue weighted by Gasteiger charge is -2.29. The van der Waals surface area contributed by atoms with Gasteiger partial charge in [-0.3, -0.25) is 4.79 Å². The molecule has 0 spiro atoms. The number of carbonyl (C=O) groups is 1. The first kappa shape index (κ1) is 13.5. The van der Waals surface area contributed by atoms with Crippen molar-refractivity contribution >= 4 is 11.6 Å². The van der Waals surface area contributed by atoms with Crippen LogP contribution < -0.4 is 10.5 Å². The van der Waals surface area contributed by atoms with Gasteiger partial charge in [0.15, 0.2) is 0 Å². The van der Waals surface area contributed by atoms with Crippen LogP contribution >= 0.6 is 0 Å². The van der Waals surface area contributed by atoms with Crippen LogP contribution in [0.2, 0.25) is 0 Å². The lowest BCUT2D eigenvalue weighted by molar-refractivity contribution is 0.0735. The molecule has 0 fully saturated rings. The Balaban J connectivity index is 1.85. The highest BCUT2D eigenvalue weighted by Crippen LogP contribution is 2.25. The van der Waals surface area contributed by atoms with Crippen LogP contribution in [-0.4, -0.2) is 24.5 Å². The molecule has 0 aliphatic carbocycles. The molecule has 0 atom stereocenters. The zero-order valence-corrected chi connectivity index (χ0v) is 12.0. The number of nitrogens with zero attached hydrogens (tertiary/aromatic N) is 1. The number of carbonyl (C=O) groups excluding carboxylic acids is 1. The molecule has 0 unspecified atom stereocenters. The fourth-order valence-electron chi connectivity index (χ4n) is 2.72. The Kier molecular flexibility index (Phi) is 3.52. The molecule has 1 aliphatic heterocycles. The normalized spacial score (nSPS) is 13.7. The third kappa shape index (κ3) is 2.57. The summed E-state index contributed by atoms with van der Waals surface area (Å²) in [6.07, 6.45) is 0.843. The third-order valence-corrected chi connectivity index (χ3v) is 3.91. The monoisotopic (exact) mass is 282 g/mol. The summed E-state index contributed by atoms with van der Waals surface area (Å²) in [7, 11) is 1.60. The number of hydrogen-bond donors (Lipinski definition) is 1. The number of nitrogens with two attached hydrogens (primary N) is 1. The van der Waals surface area contributed by atoms with Crippen molar-refractivity contribution in [1.82, 2.24) is 4.90 Å². The summed E-state index contributed by atoms with van der Waals surface area (Å²) in [4.78, 5) is 14.5. The van der Waals surface area contributed by atoms with Crippen molar-refractivity contribution in [2.45, 2.75) is 13.0 Å². The van der Waals surface area contributed by atoms with Crippen molar-refractivity contribution in [2.24, 2.45) is 0 Å². The fourth-order valence-corrected chi connectivity index (χ4v) is 2.72. The van der Waals surface area contributed by atoms with E-state index in [1.165, 1.54) is 5.56 Å². The molecule has 0 saturated heterocycles. The standard InChI is InChI=1S/C17H18N2O2/c1-21-14-6-2-5-13(10-14)17(20)19-9-8-12-4-3-7-16(18)15(12)11-19/h2-7,10H,8-9,11,18H2,1H3. The van der Waals surface area contributed by atoms with Gasteiger partial charge in [-0.25, -0.2) is 0 Å². The Bertz CT molecular complexity index is 682. The molecule has 1 aliphatic rings.